The second-order valence-corrected chi connectivity index (χ2v) is 4.72. The predicted octanol–water partition coefficient (Wildman–Crippen LogP) is -0.475. The lowest BCUT2D eigenvalue weighted by Gasteiger charge is -2.28. The molecule has 5 atom stereocenters. The van der Waals surface area contributed by atoms with Gasteiger partial charge >= 0.3 is 0 Å². The molecule has 3 rings (SSSR count). The van der Waals surface area contributed by atoms with Crippen LogP contribution in [-0.4, -0.2) is 46.2 Å². The maximum absolute atomic E-state index is 10.3. The van der Waals surface area contributed by atoms with E-state index in [2.05, 4.69) is 0 Å². The highest BCUT2D eigenvalue weighted by atomic mass is 16.8. The topological polar surface area (TPSA) is 68.2 Å². The molecule has 0 radical (unpaired) electrons. The minimum atomic E-state index is -1.27. The van der Waals surface area contributed by atoms with Gasteiger partial charge in [-0.2, -0.15) is 0 Å². The summed E-state index contributed by atoms with van der Waals surface area (Å²) in [6, 6.07) is 0. The first kappa shape index (κ1) is 9.74. The molecule has 5 heteroatoms. The summed E-state index contributed by atoms with van der Waals surface area (Å²) in [7, 11) is 0. The van der Waals surface area contributed by atoms with E-state index >= 15 is 0 Å². The largest absolute Gasteiger partial charge is 0.386 e. The van der Waals surface area contributed by atoms with E-state index in [1.54, 1.807) is 13.8 Å². The summed E-state index contributed by atoms with van der Waals surface area (Å²) in [5.41, 5.74) is -1.27. The van der Waals surface area contributed by atoms with Crippen LogP contribution < -0.4 is 0 Å². The van der Waals surface area contributed by atoms with Crippen molar-refractivity contribution in [1.82, 2.24) is 0 Å². The Kier molecular flexibility index (Phi) is 1.70. The molecule has 84 valence electrons. The Balaban J connectivity index is 1.93. The van der Waals surface area contributed by atoms with Crippen molar-refractivity contribution in [2.75, 3.05) is 0 Å². The van der Waals surface area contributed by atoms with Crippen LogP contribution in [0.2, 0.25) is 0 Å². The number of aliphatic hydroxyl groups excluding tert-OH is 1. The highest BCUT2D eigenvalue weighted by Gasteiger charge is 2.65. The number of hydrogen-bond donors (Lipinski definition) is 2. The van der Waals surface area contributed by atoms with Gasteiger partial charge in [-0.25, -0.2) is 0 Å². The van der Waals surface area contributed by atoms with Gasteiger partial charge in [0, 0.05) is 0 Å². The van der Waals surface area contributed by atoms with E-state index in [1.807, 2.05) is 0 Å². The molecule has 2 heterocycles. The minimum absolute atomic E-state index is 0.564. The van der Waals surface area contributed by atoms with Crippen molar-refractivity contribution in [3.63, 3.8) is 0 Å². The minimum Gasteiger partial charge on any atom is -0.386 e. The maximum atomic E-state index is 10.3. The molecule has 1 aliphatic carbocycles. The van der Waals surface area contributed by atoms with Crippen LogP contribution in [0.1, 0.15) is 13.8 Å². The van der Waals surface area contributed by atoms with E-state index < -0.39 is 36.0 Å². The van der Waals surface area contributed by atoms with Crippen molar-refractivity contribution in [3.05, 3.63) is 12.2 Å². The van der Waals surface area contributed by atoms with E-state index in [0.29, 0.717) is 0 Å². The van der Waals surface area contributed by atoms with Crippen molar-refractivity contribution in [3.8, 4) is 0 Å². The molecule has 2 saturated heterocycles. The maximum Gasteiger partial charge on any atom is 0.191 e. The van der Waals surface area contributed by atoms with Crippen molar-refractivity contribution in [2.24, 2.45) is 0 Å². The van der Waals surface area contributed by atoms with E-state index in [-0.39, 0.29) is 0 Å². The Morgan fingerprint density at radius 1 is 1.20 bits per heavy atom. The molecule has 5 nitrogen and oxygen atoms in total. The third-order valence-corrected chi connectivity index (χ3v) is 3.12. The van der Waals surface area contributed by atoms with Gasteiger partial charge < -0.3 is 24.4 Å². The summed E-state index contributed by atoms with van der Waals surface area (Å²) < 4.78 is 16.5. The Bertz CT molecular complexity index is 326. The third kappa shape index (κ3) is 1.15. The fraction of sp³-hybridized carbons (Fsp3) is 0.800. The van der Waals surface area contributed by atoms with Crippen LogP contribution in [-0.2, 0) is 14.2 Å². The molecule has 0 aromatic carbocycles. The van der Waals surface area contributed by atoms with Gasteiger partial charge in [0.25, 0.3) is 0 Å². The summed E-state index contributed by atoms with van der Waals surface area (Å²) in [6.07, 6.45) is 0.424. The van der Waals surface area contributed by atoms with Crippen LogP contribution in [0, 0.1) is 0 Å². The van der Waals surface area contributed by atoms with E-state index in [4.69, 9.17) is 14.2 Å². The van der Waals surface area contributed by atoms with Crippen LogP contribution in [0.15, 0.2) is 12.2 Å². The van der Waals surface area contributed by atoms with Gasteiger partial charge in [-0.05, 0) is 19.9 Å². The summed E-state index contributed by atoms with van der Waals surface area (Å²) in [4.78, 5) is 0. The van der Waals surface area contributed by atoms with E-state index in [0.717, 1.165) is 0 Å². The first-order valence-electron chi connectivity index (χ1n) is 5.03. The summed E-state index contributed by atoms with van der Waals surface area (Å²) in [5, 5.41) is 19.9. The van der Waals surface area contributed by atoms with E-state index in [1.165, 1.54) is 12.2 Å². The van der Waals surface area contributed by atoms with Crippen LogP contribution >= 0.6 is 0 Å². The molecular formula is C10H14O5. The predicted molar refractivity (Wildman–Crippen MR) is 48.8 cm³/mol. The molecule has 2 N–H and O–H groups in total. The fourth-order valence-corrected chi connectivity index (χ4v) is 2.45. The van der Waals surface area contributed by atoms with Gasteiger partial charge in [0.15, 0.2) is 12.1 Å². The molecule has 0 bridgehead atoms. The second-order valence-electron chi connectivity index (χ2n) is 4.72. The molecule has 15 heavy (non-hydrogen) atoms. The first-order chi connectivity index (χ1) is 6.92. The zero-order valence-electron chi connectivity index (χ0n) is 8.58. The number of hydrogen-bond acceptors (Lipinski definition) is 5. The summed E-state index contributed by atoms with van der Waals surface area (Å²) in [5.74, 6) is -0.753. The van der Waals surface area contributed by atoms with E-state index in [9.17, 15) is 10.2 Å². The Morgan fingerprint density at radius 2 is 1.93 bits per heavy atom. The third-order valence-electron chi connectivity index (χ3n) is 3.12. The fourth-order valence-electron chi connectivity index (χ4n) is 2.45. The highest BCUT2D eigenvalue weighted by molar-refractivity contribution is 5.26. The number of fused-ring (bicyclic) bond motifs is 3. The number of rotatable bonds is 0. The van der Waals surface area contributed by atoms with Crippen LogP contribution in [0.3, 0.4) is 0 Å². The molecule has 3 aliphatic rings. The lowest BCUT2D eigenvalue weighted by atomic mass is 9.95. The average molecular weight is 214 g/mol. The molecule has 0 saturated carbocycles. The average Bonchev–Trinajstić information content (AvgIpc) is 2.65. The van der Waals surface area contributed by atoms with Crippen LogP contribution in [0.5, 0.6) is 0 Å². The molecule has 2 fully saturated rings. The van der Waals surface area contributed by atoms with Crippen molar-refractivity contribution in [2.45, 2.75) is 49.8 Å². The van der Waals surface area contributed by atoms with Crippen molar-refractivity contribution < 1.29 is 24.4 Å². The summed E-state index contributed by atoms with van der Waals surface area (Å²) >= 11 is 0. The van der Waals surface area contributed by atoms with Gasteiger partial charge in [0.2, 0.25) is 0 Å². The lowest BCUT2D eigenvalue weighted by molar-refractivity contribution is -0.229. The monoisotopic (exact) mass is 214 g/mol. The standard InChI is InChI=1S/C10H14O5/c1-9(2)14-7-8(15-9)13-6-5(11)3-4-10(6,7)12/h3-8,11-12H,1-2H3/t5-,6+,7-,8+,10+/m0/s1. The quantitative estimate of drug-likeness (QED) is 0.533. The van der Waals surface area contributed by atoms with Crippen LogP contribution in [0.4, 0.5) is 0 Å². The lowest BCUT2D eigenvalue weighted by Crippen LogP contribution is -2.47. The molecule has 0 spiro atoms. The van der Waals surface area contributed by atoms with Crippen LogP contribution in [0.25, 0.3) is 0 Å². The number of aliphatic hydroxyl groups is 2. The Labute approximate surface area is 87.2 Å². The van der Waals surface area contributed by atoms with Gasteiger partial charge in [0.05, 0.1) is 0 Å². The number of ether oxygens (including phenoxy) is 3. The molecule has 0 aromatic rings. The molecule has 0 amide bonds. The SMILES string of the molecule is CC1(C)O[C@H]2O[C@@H]3[C@@H](O)C=C[C@]3(O)[C@H]2O1. The Morgan fingerprint density at radius 3 is 2.67 bits per heavy atom. The Hall–Kier alpha value is -0.460. The van der Waals surface area contributed by atoms with Gasteiger partial charge in [0.1, 0.15) is 23.9 Å². The van der Waals surface area contributed by atoms with Gasteiger partial charge in [-0.3, -0.25) is 0 Å². The molecule has 0 unspecified atom stereocenters. The van der Waals surface area contributed by atoms with Gasteiger partial charge in [-0.15, -0.1) is 0 Å². The molecule has 0 aromatic heterocycles. The first-order valence-corrected chi connectivity index (χ1v) is 5.03. The zero-order valence-corrected chi connectivity index (χ0v) is 8.58. The second kappa shape index (κ2) is 2.61. The van der Waals surface area contributed by atoms with Crippen molar-refractivity contribution >= 4 is 0 Å². The van der Waals surface area contributed by atoms with Crippen molar-refractivity contribution in [1.29, 1.82) is 0 Å². The highest BCUT2D eigenvalue weighted by Crippen LogP contribution is 2.46. The molecular weight excluding hydrogens is 200 g/mol. The normalized spacial score (nSPS) is 55.7. The molecule has 2 aliphatic heterocycles. The summed E-state index contributed by atoms with van der Waals surface area (Å²) in [6.45, 7) is 3.53. The zero-order chi connectivity index (χ0) is 10.8. The van der Waals surface area contributed by atoms with Gasteiger partial charge in [-0.1, -0.05) is 6.08 Å². The smallest absolute Gasteiger partial charge is 0.191 e.